The van der Waals surface area contributed by atoms with Gasteiger partial charge in [-0.1, -0.05) is 28.1 Å². The second-order valence-corrected chi connectivity index (χ2v) is 3.84. The maximum absolute atomic E-state index is 9.39. The Balaban J connectivity index is 2.96. The molecule has 0 radical (unpaired) electrons. The lowest BCUT2D eigenvalue weighted by molar-refractivity contribution is 0.202. The molecule has 3 heteroatoms. The molecule has 0 saturated heterocycles. The van der Waals surface area contributed by atoms with Gasteiger partial charge in [-0.05, 0) is 24.1 Å². The highest BCUT2D eigenvalue weighted by Gasteiger charge is 2.06. The highest BCUT2D eigenvalue weighted by Crippen LogP contribution is 2.22. The van der Waals surface area contributed by atoms with Crippen molar-refractivity contribution in [1.29, 1.82) is 0 Å². The lowest BCUT2D eigenvalue weighted by Crippen LogP contribution is -1.98. The number of rotatable bonds is 2. The van der Waals surface area contributed by atoms with Crippen LogP contribution < -0.4 is 0 Å². The fraction of sp³-hybridized carbons (Fsp3) is 0.333. The van der Waals surface area contributed by atoms with Crippen LogP contribution in [0.25, 0.3) is 0 Å². The van der Waals surface area contributed by atoms with Crippen molar-refractivity contribution in [2.45, 2.75) is 13.0 Å². The first-order chi connectivity index (χ1) is 5.65. The number of hydrogen-bond acceptors (Lipinski definition) is 1. The highest BCUT2D eigenvalue weighted by atomic mass is 79.9. The molecular weight excluding hydrogens is 239 g/mol. The normalized spacial score (nSPS) is 13.0. The number of benzene rings is 1. The summed E-state index contributed by atoms with van der Waals surface area (Å²) in [5, 5.41) is 9.39. The van der Waals surface area contributed by atoms with E-state index < -0.39 is 6.10 Å². The number of aliphatic hydroxyl groups excluding tert-OH is 1. The van der Waals surface area contributed by atoms with E-state index in [1.807, 2.05) is 25.1 Å². The van der Waals surface area contributed by atoms with Crippen molar-refractivity contribution in [2.24, 2.45) is 0 Å². The number of halogens is 2. The van der Waals surface area contributed by atoms with Gasteiger partial charge in [0.1, 0.15) is 0 Å². The summed E-state index contributed by atoms with van der Waals surface area (Å²) < 4.78 is 1.00. The second kappa shape index (κ2) is 4.26. The van der Waals surface area contributed by atoms with Gasteiger partial charge in [-0.2, -0.15) is 0 Å². The van der Waals surface area contributed by atoms with E-state index in [4.69, 9.17) is 11.6 Å². The van der Waals surface area contributed by atoms with Crippen molar-refractivity contribution in [3.8, 4) is 0 Å². The van der Waals surface area contributed by atoms with E-state index >= 15 is 0 Å². The van der Waals surface area contributed by atoms with E-state index in [-0.39, 0.29) is 5.88 Å². The van der Waals surface area contributed by atoms with E-state index in [9.17, 15) is 5.11 Å². The summed E-state index contributed by atoms with van der Waals surface area (Å²) in [7, 11) is 0. The minimum atomic E-state index is -0.566. The van der Waals surface area contributed by atoms with Gasteiger partial charge < -0.3 is 5.11 Å². The van der Waals surface area contributed by atoms with Gasteiger partial charge >= 0.3 is 0 Å². The summed E-state index contributed by atoms with van der Waals surface area (Å²) in [4.78, 5) is 0. The minimum absolute atomic E-state index is 0.232. The van der Waals surface area contributed by atoms with E-state index in [1.165, 1.54) is 0 Å². The minimum Gasteiger partial charge on any atom is -0.387 e. The van der Waals surface area contributed by atoms with Crippen LogP contribution in [0.5, 0.6) is 0 Å². The molecule has 0 aliphatic rings. The lowest BCUT2D eigenvalue weighted by atomic mass is 10.1. The quantitative estimate of drug-likeness (QED) is 0.799. The van der Waals surface area contributed by atoms with Crippen LogP contribution in [0.15, 0.2) is 22.7 Å². The first-order valence-electron chi connectivity index (χ1n) is 3.65. The lowest BCUT2D eigenvalue weighted by Gasteiger charge is -2.08. The molecule has 1 aromatic carbocycles. The summed E-state index contributed by atoms with van der Waals surface area (Å²) in [5.74, 6) is 0.232. The molecule has 0 heterocycles. The van der Waals surface area contributed by atoms with Crippen LogP contribution in [0, 0.1) is 6.92 Å². The number of hydrogen-bond donors (Lipinski definition) is 1. The Kier molecular flexibility index (Phi) is 3.56. The third-order valence-electron chi connectivity index (χ3n) is 1.73. The van der Waals surface area contributed by atoms with Gasteiger partial charge in [0, 0.05) is 4.47 Å². The van der Waals surface area contributed by atoms with Crippen molar-refractivity contribution in [3.05, 3.63) is 33.8 Å². The molecule has 12 heavy (non-hydrogen) atoms. The van der Waals surface area contributed by atoms with Crippen molar-refractivity contribution >= 4 is 27.5 Å². The predicted molar refractivity (Wildman–Crippen MR) is 54.6 cm³/mol. The Labute approximate surface area is 85.5 Å². The summed E-state index contributed by atoms with van der Waals surface area (Å²) in [6.07, 6.45) is -0.566. The molecule has 0 amide bonds. The Hall–Kier alpha value is -0.0500. The standard InChI is InChI=1S/C9H10BrClO/c1-6-2-3-7(4-8(6)10)9(12)5-11/h2-4,9,12H,5H2,1H3/t9-/m0/s1. The molecule has 1 nitrogen and oxygen atoms in total. The van der Waals surface area contributed by atoms with E-state index in [2.05, 4.69) is 15.9 Å². The van der Waals surface area contributed by atoms with Gasteiger partial charge in [0.05, 0.1) is 12.0 Å². The Morgan fingerprint density at radius 1 is 1.58 bits per heavy atom. The smallest absolute Gasteiger partial charge is 0.0925 e. The average Bonchev–Trinajstić information content (AvgIpc) is 2.08. The second-order valence-electron chi connectivity index (χ2n) is 2.68. The molecule has 1 aromatic rings. The summed E-state index contributed by atoms with van der Waals surface area (Å²) >= 11 is 8.90. The largest absolute Gasteiger partial charge is 0.387 e. The van der Waals surface area contributed by atoms with Crippen LogP contribution >= 0.6 is 27.5 Å². The number of aliphatic hydroxyl groups is 1. The summed E-state index contributed by atoms with van der Waals surface area (Å²) in [6, 6.07) is 5.73. The molecule has 1 atom stereocenters. The first kappa shape index (κ1) is 10.0. The summed E-state index contributed by atoms with van der Waals surface area (Å²) in [5.41, 5.74) is 2.00. The average molecular weight is 250 g/mol. The van der Waals surface area contributed by atoms with Crippen molar-refractivity contribution in [3.63, 3.8) is 0 Å². The van der Waals surface area contributed by atoms with Gasteiger partial charge in [0.25, 0.3) is 0 Å². The van der Waals surface area contributed by atoms with Gasteiger partial charge in [0.15, 0.2) is 0 Å². The fourth-order valence-corrected chi connectivity index (χ4v) is 1.48. The van der Waals surface area contributed by atoms with Gasteiger partial charge in [-0.25, -0.2) is 0 Å². The van der Waals surface area contributed by atoms with Crippen LogP contribution in [-0.2, 0) is 0 Å². The summed E-state index contributed by atoms with van der Waals surface area (Å²) in [6.45, 7) is 2.00. The maximum atomic E-state index is 9.39. The molecule has 0 spiro atoms. The Bertz CT molecular complexity index is 275. The zero-order chi connectivity index (χ0) is 9.14. The molecule has 0 aliphatic carbocycles. The zero-order valence-corrected chi connectivity index (χ0v) is 9.06. The molecule has 0 fully saturated rings. The molecule has 0 aromatic heterocycles. The third kappa shape index (κ3) is 2.22. The molecule has 0 bridgehead atoms. The van der Waals surface area contributed by atoms with E-state index in [0.717, 1.165) is 15.6 Å². The van der Waals surface area contributed by atoms with E-state index in [0.29, 0.717) is 0 Å². The molecule has 1 rings (SSSR count). The van der Waals surface area contributed by atoms with E-state index in [1.54, 1.807) is 0 Å². The van der Waals surface area contributed by atoms with Crippen LogP contribution in [0.2, 0.25) is 0 Å². The SMILES string of the molecule is Cc1ccc([C@@H](O)CCl)cc1Br. The fourth-order valence-electron chi connectivity index (χ4n) is 0.905. The molecule has 0 saturated carbocycles. The van der Waals surface area contributed by atoms with Crippen molar-refractivity contribution in [1.82, 2.24) is 0 Å². The zero-order valence-electron chi connectivity index (χ0n) is 6.72. The monoisotopic (exact) mass is 248 g/mol. The Morgan fingerprint density at radius 3 is 2.75 bits per heavy atom. The predicted octanol–water partition coefficient (Wildman–Crippen LogP) is 3.03. The molecular formula is C9H10BrClO. The van der Waals surface area contributed by atoms with Crippen LogP contribution in [-0.4, -0.2) is 11.0 Å². The van der Waals surface area contributed by atoms with Gasteiger partial charge in [-0.15, -0.1) is 11.6 Å². The van der Waals surface area contributed by atoms with Crippen LogP contribution in [0.1, 0.15) is 17.2 Å². The van der Waals surface area contributed by atoms with Gasteiger partial charge in [0.2, 0.25) is 0 Å². The highest BCUT2D eigenvalue weighted by molar-refractivity contribution is 9.10. The topological polar surface area (TPSA) is 20.2 Å². The van der Waals surface area contributed by atoms with Gasteiger partial charge in [-0.3, -0.25) is 0 Å². The van der Waals surface area contributed by atoms with Crippen molar-refractivity contribution in [2.75, 3.05) is 5.88 Å². The molecule has 66 valence electrons. The number of aryl methyl sites for hydroxylation is 1. The van der Waals surface area contributed by atoms with Crippen LogP contribution in [0.3, 0.4) is 0 Å². The maximum Gasteiger partial charge on any atom is 0.0925 e. The Morgan fingerprint density at radius 2 is 2.25 bits per heavy atom. The molecule has 0 aliphatic heterocycles. The first-order valence-corrected chi connectivity index (χ1v) is 4.98. The third-order valence-corrected chi connectivity index (χ3v) is 2.87. The number of alkyl halides is 1. The van der Waals surface area contributed by atoms with Crippen molar-refractivity contribution < 1.29 is 5.11 Å². The molecule has 1 N–H and O–H groups in total. The molecule has 0 unspecified atom stereocenters. The van der Waals surface area contributed by atoms with Crippen LogP contribution in [0.4, 0.5) is 0 Å².